The second-order valence-corrected chi connectivity index (χ2v) is 4.90. The zero-order chi connectivity index (χ0) is 13.7. The van der Waals surface area contributed by atoms with Gasteiger partial charge in [-0.3, -0.25) is 9.59 Å². The molecule has 0 heterocycles. The second kappa shape index (κ2) is 6.51. The second-order valence-electron chi connectivity index (χ2n) is 4.26. The number of likely N-dealkylation sites (N-methyl/N-ethyl adjacent to an activating group) is 2. The molecule has 17 heavy (non-hydrogen) atoms. The fourth-order valence-corrected chi connectivity index (χ4v) is 1.62. The highest BCUT2D eigenvalue weighted by molar-refractivity contribution is 7.80. The lowest BCUT2D eigenvalue weighted by atomic mass is 9.99. The van der Waals surface area contributed by atoms with Crippen molar-refractivity contribution in [2.75, 3.05) is 25.6 Å². The third kappa shape index (κ3) is 3.79. The minimum absolute atomic E-state index is 0.213. The van der Waals surface area contributed by atoms with Crippen molar-refractivity contribution in [3.05, 3.63) is 0 Å². The maximum Gasteiger partial charge on any atom is 0.246 e. The first-order valence-corrected chi connectivity index (χ1v) is 6.51. The molecule has 0 saturated carbocycles. The molecule has 0 aliphatic heterocycles. The van der Waals surface area contributed by atoms with Gasteiger partial charge in [0.2, 0.25) is 11.8 Å². The molecule has 0 aliphatic carbocycles. The smallest absolute Gasteiger partial charge is 0.246 e. The Labute approximate surface area is 113 Å². The molecule has 0 aromatic carbocycles. The minimum Gasteiger partial charge on any atom is -0.357 e. The van der Waals surface area contributed by atoms with E-state index in [4.69, 9.17) is 0 Å². The average molecular weight is 279 g/mol. The van der Waals surface area contributed by atoms with Crippen LogP contribution < -0.4 is 16.0 Å². The molecule has 7 heteroatoms. The molecule has 100 valence electrons. The van der Waals surface area contributed by atoms with Gasteiger partial charge in [0.25, 0.3) is 0 Å². The summed E-state index contributed by atoms with van der Waals surface area (Å²) in [5, 5.41) is 8.09. The zero-order valence-corrected chi connectivity index (χ0v) is 12.4. The van der Waals surface area contributed by atoms with Gasteiger partial charge in [-0.15, -0.1) is 0 Å². The van der Waals surface area contributed by atoms with Crippen LogP contribution in [0.15, 0.2) is 0 Å². The van der Waals surface area contributed by atoms with Crippen molar-refractivity contribution in [2.24, 2.45) is 0 Å². The molecule has 3 N–H and O–H groups in total. The molecule has 2 amide bonds. The molecular formula is C10H21N3O2S2. The number of hydrogen-bond donors (Lipinski definition) is 5. The van der Waals surface area contributed by atoms with E-state index in [1.807, 2.05) is 0 Å². The van der Waals surface area contributed by atoms with Crippen LogP contribution in [0.5, 0.6) is 0 Å². The van der Waals surface area contributed by atoms with E-state index in [0.717, 1.165) is 0 Å². The maximum atomic E-state index is 12.1. The quantitative estimate of drug-likeness (QED) is 0.424. The van der Waals surface area contributed by atoms with Crippen molar-refractivity contribution < 1.29 is 9.59 Å². The number of hydrogen-bond acceptors (Lipinski definition) is 5. The lowest BCUT2D eigenvalue weighted by Crippen LogP contribution is -2.64. The van der Waals surface area contributed by atoms with Crippen LogP contribution in [0.4, 0.5) is 0 Å². The Morgan fingerprint density at radius 3 is 1.76 bits per heavy atom. The SMILES string of the molecule is CNC(=O)[C@](C)(CS)NC(=O)[C@@](C)(CS)NC. The van der Waals surface area contributed by atoms with Gasteiger partial charge in [-0.05, 0) is 20.9 Å². The number of thiol groups is 2. The van der Waals surface area contributed by atoms with Crippen molar-refractivity contribution in [1.29, 1.82) is 0 Å². The number of carbonyl (C=O) groups is 2. The van der Waals surface area contributed by atoms with E-state index in [1.165, 1.54) is 7.05 Å². The lowest BCUT2D eigenvalue weighted by Gasteiger charge is -2.33. The molecule has 0 spiro atoms. The zero-order valence-electron chi connectivity index (χ0n) is 10.6. The van der Waals surface area contributed by atoms with Crippen LogP contribution in [0.3, 0.4) is 0 Å². The summed E-state index contributed by atoms with van der Waals surface area (Å²) in [6.07, 6.45) is 0. The summed E-state index contributed by atoms with van der Waals surface area (Å²) >= 11 is 8.24. The Morgan fingerprint density at radius 2 is 1.47 bits per heavy atom. The van der Waals surface area contributed by atoms with Crippen LogP contribution in [0, 0.1) is 0 Å². The van der Waals surface area contributed by atoms with E-state index in [-0.39, 0.29) is 17.6 Å². The number of rotatable bonds is 6. The number of carbonyl (C=O) groups excluding carboxylic acids is 2. The molecule has 0 aromatic rings. The summed E-state index contributed by atoms with van der Waals surface area (Å²) in [4.78, 5) is 23.8. The predicted octanol–water partition coefficient (Wildman–Crippen LogP) is -0.555. The molecule has 0 radical (unpaired) electrons. The van der Waals surface area contributed by atoms with Crippen LogP contribution in [-0.2, 0) is 9.59 Å². The summed E-state index contributed by atoms with van der Waals surface area (Å²) < 4.78 is 0. The van der Waals surface area contributed by atoms with Gasteiger partial charge in [-0.1, -0.05) is 0 Å². The van der Waals surface area contributed by atoms with Crippen LogP contribution in [0.2, 0.25) is 0 Å². The van der Waals surface area contributed by atoms with E-state index < -0.39 is 11.1 Å². The molecule has 0 unspecified atom stereocenters. The molecule has 2 atom stereocenters. The van der Waals surface area contributed by atoms with Gasteiger partial charge in [0.1, 0.15) is 11.1 Å². The average Bonchev–Trinajstić information content (AvgIpc) is 2.36. The Kier molecular flexibility index (Phi) is 6.36. The van der Waals surface area contributed by atoms with E-state index >= 15 is 0 Å². The first-order chi connectivity index (χ1) is 7.79. The van der Waals surface area contributed by atoms with Gasteiger partial charge in [0.15, 0.2) is 0 Å². The molecule has 0 bridgehead atoms. The van der Waals surface area contributed by atoms with E-state index in [1.54, 1.807) is 20.9 Å². The summed E-state index contributed by atoms with van der Waals surface area (Å²) in [5.41, 5.74) is -1.85. The van der Waals surface area contributed by atoms with E-state index in [9.17, 15) is 9.59 Å². The molecule has 0 aliphatic rings. The molecule has 5 nitrogen and oxygen atoms in total. The highest BCUT2D eigenvalue weighted by Gasteiger charge is 2.38. The summed E-state index contributed by atoms with van der Waals surface area (Å²) in [5.74, 6) is -0.0233. The standard InChI is InChI=1S/C10H21N3O2S2/c1-9(5-16,12-4)8(15)13-10(2,6-17)7(14)11-3/h12,16-17H,5-6H2,1-4H3,(H,11,14)(H,13,15)/t9-,10+/m1/s1. The van der Waals surface area contributed by atoms with Gasteiger partial charge in [-0.25, -0.2) is 0 Å². The largest absolute Gasteiger partial charge is 0.357 e. The summed E-state index contributed by atoms with van der Waals surface area (Å²) in [6, 6.07) is 0. The van der Waals surface area contributed by atoms with E-state index in [2.05, 4.69) is 41.2 Å². The molecule has 0 saturated heterocycles. The number of amides is 2. The van der Waals surface area contributed by atoms with Gasteiger partial charge >= 0.3 is 0 Å². The van der Waals surface area contributed by atoms with Crippen LogP contribution in [0.1, 0.15) is 13.8 Å². The first kappa shape index (κ1) is 16.6. The maximum absolute atomic E-state index is 12.1. The van der Waals surface area contributed by atoms with Crippen molar-refractivity contribution in [2.45, 2.75) is 24.9 Å². The van der Waals surface area contributed by atoms with Gasteiger partial charge in [-0.2, -0.15) is 25.3 Å². The van der Waals surface area contributed by atoms with Crippen LogP contribution in [-0.4, -0.2) is 48.5 Å². The summed E-state index contributed by atoms with van der Waals surface area (Å²) in [6.45, 7) is 3.35. The van der Waals surface area contributed by atoms with Gasteiger partial charge in [0, 0.05) is 18.6 Å². The topological polar surface area (TPSA) is 70.2 Å². The molecular weight excluding hydrogens is 258 g/mol. The Hall–Kier alpha value is -0.400. The fourth-order valence-electron chi connectivity index (χ4n) is 1.10. The monoisotopic (exact) mass is 279 g/mol. The van der Waals surface area contributed by atoms with Crippen LogP contribution in [0.25, 0.3) is 0 Å². The first-order valence-electron chi connectivity index (χ1n) is 5.25. The third-order valence-electron chi connectivity index (χ3n) is 2.80. The Balaban J connectivity index is 4.92. The normalized spacial score (nSPS) is 17.8. The van der Waals surface area contributed by atoms with Crippen molar-refractivity contribution in [3.8, 4) is 0 Å². The van der Waals surface area contributed by atoms with Crippen LogP contribution >= 0.6 is 25.3 Å². The summed E-state index contributed by atoms with van der Waals surface area (Å²) in [7, 11) is 3.19. The van der Waals surface area contributed by atoms with Crippen molar-refractivity contribution >= 4 is 37.1 Å². The third-order valence-corrected chi connectivity index (χ3v) is 4.07. The van der Waals surface area contributed by atoms with Gasteiger partial charge < -0.3 is 16.0 Å². The molecule has 0 fully saturated rings. The highest BCUT2D eigenvalue weighted by Crippen LogP contribution is 2.12. The Bertz CT molecular complexity index is 295. The van der Waals surface area contributed by atoms with Crippen molar-refractivity contribution in [3.63, 3.8) is 0 Å². The number of nitrogens with one attached hydrogen (secondary N) is 3. The fraction of sp³-hybridized carbons (Fsp3) is 0.800. The van der Waals surface area contributed by atoms with Crippen molar-refractivity contribution in [1.82, 2.24) is 16.0 Å². The minimum atomic E-state index is -1.03. The molecule has 0 rings (SSSR count). The van der Waals surface area contributed by atoms with Gasteiger partial charge in [0.05, 0.1) is 0 Å². The lowest BCUT2D eigenvalue weighted by molar-refractivity contribution is -0.134. The Morgan fingerprint density at radius 1 is 1.00 bits per heavy atom. The predicted molar refractivity (Wildman–Crippen MR) is 75.8 cm³/mol. The highest BCUT2D eigenvalue weighted by atomic mass is 32.1. The van der Waals surface area contributed by atoms with E-state index in [0.29, 0.717) is 5.75 Å². The molecule has 0 aromatic heterocycles.